The number of anilines is 1. The Morgan fingerprint density at radius 2 is 1.89 bits per heavy atom. The van der Waals surface area contributed by atoms with Crippen LogP contribution in [0.3, 0.4) is 0 Å². The smallest absolute Gasteiger partial charge is 0.144 e. The number of aliphatic hydroxyl groups excluding tert-OH is 1. The van der Waals surface area contributed by atoms with Crippen molar-refractivity contribution in [2.45, 2.75) is 13.2 Å². The second-order valence-electron chi connectivity index (χ2n) is 3.84. The SMILES string of the molecule is N#Cc1cccnc1NCc1ccc(CO)cc1. The van der Waals surface area contributed by atoms with E-state index >= 15 is 0 Å². The maximum Gasteiger partial charge on any atom is 0.144 e. The summed E-state index contributed by atoms with van der Waals surface area (Å²) in [5, 5.41) is 21.0. The Labute approximate surface area is 106 Å². The van der Waals surface area contributed by atoms with Gasteiger partial charge in [-0.25, -0.2) is 4.98 Å². The van der Waals surface area contributed by atoms with Crippen LogP contribution in [-0.4, -0.2) is 10.1 Å². The Balaban J connectivity index is 2.05. The molecule has 0 bridgehead atoms. The summed E-state index contributed by atoms with van der Waals surface area (Å²) in [5.41, 5.74) is 2.49. The zero-order chi connectivity index (χ0) is 12.8. The highest BCUT2D eigenvalue weighted by Gasteiger charge is 2.01. The van der Waals surface area contributed by atoms with Crippen LogP contribution in [-0.2, 0) is 13.2 Å². The number of nitrogens with one attached hydrogen (secondary N) is 1. The van der Waals surface area contributed by atoms with Gasteiger partial charge >= 0.3 is 0 Å². The minimum atomic E-state index is 0.0481. The van der Waals surface area contributed by atoms with Gasteiger partial charge in [0, 0.05) is 12.7 Å². The van der Waals surface area contributed by atoms with E-state index in [-0.39, 0.29) is 6.61 Å². The summed E-state index contributed by atoms with van der Waals surface area (Å²) in [6.45, 7) is 0.643. The molecule has 18 heavy (non-hydrogen) atoms. The first-order chi connectivity index (χ1) is 8.83. The van der Waals surface area contributed by atoms with E-state index in [2.05, 4.69) is 16.4 Å². The van der Waals surface area contributed by atoms with Crippen LogP contribution in [0.5, 0.6) is 0 Å². The van der Waals surface area contributed by atoms with Crippen molar-refractivity contribution >= 4 is 5.82 Å². The minimum Gasteiger partial charge on any atom is -0.392 e. The van der Waals surface area contributed by atoms with Crippen LogP contribution in [0.2, 0.25) is 0 Å². The average Bonchev–Trinajstić information content (AvgIpc) is 2.46. The predicted octanol–water partition coefficient (Wildman–Crippen LogP) is 2.06. The van der Waals surface area contributed by atoms with E-state index in [0.717, 1.165) is 11.1 Å². The number of nitrogens with zero attached hydrogens (tertiary/aromatic N) is 2. The van der Waals surface area contributed by atoms with Crippen LogP contribution in [0.25, 0.3) is 0 Å². The Bertz CT molecular complexity index is 558. The molecule has 0 fully saturated rings. The van der Waals surface area contributed by atoms with E-state index in [0.29, 0.717) is 17.9 Å². The van der Waals surface area contributed by atoms with Crippen molar-refractivity contribution in [1.82, 2.24) is 4.98 Å². The van der Waals surface area contributed by atoms with E-state index in [1.807, 2.05) is 24.3 Å². The summed E-state index contributed by atoms with van der Waals surface area (Å²) in [5.74, 6) is 0.589. The van der Waals surface area contributed by atoms with Gasteiger partial charge in [-0.1, -0.05) is 24.3 Å². The standard InChI is InChI=1S/C14H13N3O/c15-8-13-2-1-7-16-14(13)17-9-11-3-5-12(10-18)6-4-11/h1-7,18H,9-10H2,(H,16,17). The van der Waals surface area contributed by atoms with Crippen LogP contribution in [0.4, 0.5) is 5.82 Å². The highest BCUT2D eigenvalue weighted by atomic mass is 16.3. The number of rotatable bonds is 4. The normalized spacial score (nSPS) is 9.78. The number of aliphatic hydroxyl groups is 1. The average molecular weight is 239 g/mol. The Morgan fingerprint density at radius 3 is 2.56 bits per heavy atom. The third-order valence-electron chi connectivity index (χ3n) is 2.59. The molecule has 1 aromatic carbocycles. The number of hydrogen-bond acceptors (Lipinski definition) is 4. The van der Waals surface area contributed by atoms with Gasteiger partial charge < -0.3 is 10.4 Å². The monoisotopic (exact) mass is 239 g/mol. The fourth-order valence-electron chi connectivity index (χ4n) is 1.58. The summed E-state index contributed by atoms with van der Waals surface area (Å²) < 4.78 is 0. The van der Waals surface area contributed by atoms with E-state index in [1.165, 1.54) is 0 Å². The molecule has 2 aromatic rings. The molecule has 0 saturated heterocycles. The molecule has 0 aliphatic heterocycles. The van der Waals surface area contributed by atoms with Gasteiger partial charge in [0.2, 0.25) is 0 Å². The van der Waals surface area contributed by atoms with Gasteiger partial charge in [-0.15, -0.1) is 0 Å². The first-order valence-corrected chi connectivity index (χ1v) is 5.61. The first kappa shape index (κ1) is 12.1. The van der Waals surface area contributed by atoms with E-state index in [4.69, 9.17) is 10.4 Å². The first-order valence-electron chi connectivity index (χ1n) is 5.61. The Hall–Kier alpha value is -2.38. The summed E-state index contributed by atoms with van der Waals surface area (Å²) in [4.78, 5) is 4.12. The molecular weight excluding hydrogens is 226 g/mol. The lowest BCUT2D eigenvalue weighted by Gasteiger charge is -2.07. The summed E-state index contributed by atoms with van der Waals surface area (Å²) in [6.07, 6.45) is 1.65. The molecule has 0 aliphatic carbocycles. The molecule has 90 valence electrons. The molecule has 4 heteroatoms. The minimum absolute atomic E-state index is 0.0481. The third-order valence-corrected chi connectivity index (χ3v) is 2.59. The molecule has 0 atom stereocenters. The van der Waals surface area contributed by atoms with Crippen LogP contribution >= 0.6 is 0 Å². The van der Waals surface area contributed by atoms with E-state index < -0.39 is 0 Å². The lowest BCUT2D eigenvalue weighted by molar-refractivity contribution is 0.282. The quantitative estimate of drug-likeness (QED) is 0.856. The fourth-order valence-corrected chi connectivity index (χ4v) is 1.58. The summed E-state index contributed by atoms with van der Waals surface area (Å²) >= 11 is 0. The van der Waals surface area contributed by atoms with Crippen LogP contribution in [0.1, 0.15) is 16.7 Å². The number of benzene rings is 1. The van der Waals surface area contributed by atoms with Crippen molar-refractivity contribution in [2.75, 3.05) is 5.32 Å². The predicted molar refractivity (Wildman–Crippen MR) is 68.6 cm³/mol. The zero-order valence-electron chi connectivity index (χ0n) is 9.80. The van der Waals surface area contributed by atoms with E-state index in [9.17, 15) is 0 Å². The summed E-state index contributed by atoms with van der Waals surface area (Å²) in [6, 6.07) is 13.2. The van der Waals surface area contributed by atoms with Gasteiger partial charge in [0.25, 0.3) is 0 Å². The molecule has 0 amide bonds. The molecule has 0 unspecified atom stereocenters. The molecule has 2 rings (SSSR count). The zero-order valence-corrected chi connectivity index (χ0v) is 9.80. The van der Waals surface area contributed by atoms with Crippen LogP contribution in [0.15, 0.2) is 42.6 Å². The fraction of sp³-hybridized carbons (Fsp3) is 0.143. The van der Waals surface area contributed by atoms with Crippen molar-refractivity contribution in [3.8, 4) is 6.07 Å². The topological polar surface area (TPSA) is 68.9 Å². The number of nitriles is 1. The molecule has 1 heterocycles. The maximum atomic E-state index is 8.94. The van der Waals surface area contributed by atoms with Crippen LogP contribution < -0.4 is 5.32 Å². The van der Waals surface area contributed by atoms with E-state index in [1.54, 1.807) is 18.3 Å². The third kappa shape index (κ3) is 2.84. The second-order valence-corrected chi connectivity index (χ2v) is 3.84. The second kappa shape index (κ2) is 5.80. The van der Waals surface area contributed by atoms with Gasteiger partial charge in [0.1, 0.15) is 11.9 Å². The summed E-state index contributed by atoms with van der Waals surface area (Å²) in [7, 11) is 0. The largest absolute Gasteiger partial charge is 0.392 e. The van der Waals surface area contributed by atoms with Gasteiger partial charge in [0.15, 0.2) is 0 Å². The van der Waals surface area contributed by atoms with Gasteiger partial charge in [-0.2, -0.15) is 5.26 Å². The molecule has 4 nitrogen and oxygen atoms in total. The molecule has 0 aliphatic rings. The van der Waals surface area contributed by atoms with Crippen molar-refractivity contribution < 1.29 is 5.11 Å². The lowest BCUT2D eigenvalue weighted by atomic mass is 10.1. The molecule has 0 spiro atoms. The van der Waals surface area contributed by atoms with Gasteiger partial charge in [0.05, 0.1) is 12.2 Å². The Morgan fingerprint density at radius 1 is 1.17 bits per heavy atom. The number of pyridine rings is 1. The molecule has 1 aromatic heterocycles. The lowest BCUT2D eigenvalue weighted by Crippen LogP contribution is -2.03. The van der Waals surface area contributed by atoms with Crippen molar-refractivity contribution in [3.05, 3.63) is 59.3 Å². The molecule has 2 N–H and O–H groups in total. The van der Waals surface area contributed by atoms with Crippen LogP contribution in [0, 0.1) is 11.3 Å². The van der Waals surface area contributed by atoms with Gasteiger partial charge in [-0.3, -0.25) is 0 Å². The van der Waals surface area contributed by atoms with Crippen molar-refractivity contribution in [2.24, 2.45) is 0 Å². The molecular formula is C14H13N3O. The molecule has 0 saturated carbocycles. The number of hydrogen-bond donors (Lipinski definition) is 2. The van der Waals surface area contributed by atoms with Crippen molar-refractivity contribution in [1.29, 1.82) is 5.26 Å². The molecule has 0 radical (unpaired) electrons. The highest BCUT2D eigenvalue weighted by molar-refractivity contribution is 5.51. The maximum absolute atomic E-state index is 8.94. The van der Waals surface area contributed by atoms with Crippen molar-refractivity contribution in [3.63, 3.8) is 0 Å². The highest BCUT2D eigenvalue weighted by Crippen LogP contribution is 2.12. The number of aromatic nitrogens is 1. The van der Waals surface area contributed by atoms with Gasteiger partial charge in [-0.05, 0) is 23.3 Å². The Kier molecular flexibility index (Phi) is 3.90.